The van der Waals surface area contributed by atoms with Gasteiger partial charge in [0.15, 0.2) is 23.4 Å². The molecule has 1 saturated heterocycles. The molecule has 4 aliphatic rings. The number of phenols is 1. The van der Waals surface area contributed by atoms with Crippen LogP contribution in [-0.2, 0) is 19.0 Å². The van der Waals surface area contributed by atoms with Crippen LogP contribution in [0.15, 0.2) is 6.07 Å². The van der Waals surface area contributed by atoms with Gasteiger partial charge in [0.2, 0.25) is 12.5 Å². The second kappa shape index (κ2) is 5.97. The third-order valence-corrected chi connectivity index (χ3v) is 5.79. The molecule has 0 spiro atoms. The first-order valence-corrected chi connectivity index (χ1v) is 9.35. The van der Waals surface area contributed by atoms with Gasteiger partial charge >= 0.3 is 5.97 Å². The molecule has 3 heterocycles. The minimum absolute atomic E-state index is 0.00671. The molecule has 10 heteroatoms. The van der Waals surface area contributed by atoms with E-state index in [0.717, 1.165) is 0 Å². The lowest BCUT2D eigenvalue weighted by Gasteiger charge is -2.47. The van der Waals surface area contributed by atoms with Crippen molar-refractivity contribution < 1.29 is 43.5 Å². The summed E-state index contributed by atoms with van der Waals surface area (Å²) in [6, 6.07) is 0.909. The average molecular weight is 407 g/mol. The van der Waals surface area contributed by atoms with Crippen molar-refractivity contribution in [2.45, 2.75) is 62.9 Å². The molecule has 3 aliphatic heterocycles. The lowest BCUT2D eigenvalue weighted by atomic mass is 9.70. The number of carbonyl (C=O) groups is 2. The summed E-state index contributed by atoms with van der Waals surface area (Å²) in [7, 11) is 0. The van der Waals surface area contributed by atoms with Crippen LogP contribution < -0.4 is 14.8 Å². The van der Waals surface area contributed by atoms with Crippen LogP contribution in [0, 0.1) is 0 Å². The van der Waals surface area contributed by atoms with E-state index in [0.29, 0.717) is 5.56 Å². The van der Waals surface area contributed by atoms with Crippen LogP contribution >= 0.6 is 0 Å². The van der Waals surface area contributed by atoms with Gasteiger partial charge < -0.3 is 39.2 Å². The fourth-order valence-electron chi connectivity index (χ4n) is 4.81. The highest BCUT2D eigenvalue weighted by Gasteiger charge is 2.61. The SMILES string of the molecule is CC(=O)O[C@H]1[C@@H](O)[C@H]2c3cc4c(c(O)c3C(=O)N[C@H]2[C@@H]2OC(C)(C)O[C@H]12)OCO4. The van der Waals surface area contributed by atoms with E-state index >= 15 is 0 Å². The Balaban J connectivity index is 1.65. The molecule has 10 nitrogen and oxygen atoms in total. The Morgan fingerprint density at radius 2 is 2.00 bits per heavy atom. The predicted octanol–water partition coefficient (Wildman–Crippen LogP) is 0.143. The Morgan fingerprint density at radius 3 is 2.72 bits per heavy atom. The highest BCUT2D eigenvalue weighted by Crippen LogP contribution is 2.52. The molecule has 1 saturated carbocycles. The number of nitrogens with one attached hydrogen (secondary N) is 1. The van der Waals surface area contributed by atoms with E-state index in [1.54, 1.807) is 19.9 Å². The van der Waals surface area contributed by atoms with Crippen molar-refractivity contribution >= 4 is 11.9 Å². The van der Waals surface area contributed by atoms with E-state index in [1.165, 1.54) is 6.92 Å². The summed E-state index contributed by atoms with van der Waals surface area (Å²) in [5.74, 6) is -2.82. The van der Waals surface area contributed by atoms with E-state index in [-0.39, 0.29) is 29.6 Å². The maximum Gasteiger partial charge on any atom is 0.303 e. The van der Waals surface area contributed by atoms with E-state index < -0.39 is 54.0 Å². The quantitative estimate of drug-likeness (QED) is 0.556. The molecular formula is C19H21NO9. The van der Waals surface area contributed by atoms with Crippen LogP contribution in [0.1, 0.15) is 42.6 Å². The highest BCUT2D eigenvalue weighted by molar-refractivity contribution is 6.01. The normalized spacial score (nSPS) is 35.9. The van der Waals surface area contributed by atoms with Gasteiger partial charge in [-0.2, -0.15) is 0 Å². The molecule has 0 unspecified atom stereocenters. The van der Waals surface area contributed by atoms with Gasteiger partial charge in [0.1, 0.15) is 18.3 Å². The van der Waals surface area contributed by atoms with Crippen LogP contribution in [-0.4, -0.2) is 65.1 Å². The maximum atomic E-state index is 12.8. The number of carbonyl (C=O) groups excluding carboxylic acids is 2. The van der Waals surface area contributed by atoms with Crippen molar-refractivity contribution in [3.8, 4) is 17.2 Å². The van der Waals surface area contributed by atoms with E-state index in [1.807, 2.05) is 0 Å². The zero-order valence-corrected chi connectivity index (χ0v) is 16.0. The minimum Gasteiger partial charge on any atom is -0.504 e. The van der Waals surface area contributed by atoms with Crippen molar-refractivity contribution in [3.05, 3.63) is 17.2 Å². The molecule has 3 N–H and O–H groups in total. The summed E-state index contributed by atoms with van der Waals surface area (Å²) in [5, 5.41) is 24.6. The van der Waals surface area contributed by atoms with Crippen molar-refractivity contribution in [1.82, 2.24) is 5.32 Å². The van der Waals surface area contributed by atoms with Gasteiger partial charge in [0, 0.05) is 12.8 Å². The topological polar surface area (TPSA) is 133 Å². The second-order valence-electron chi connectivity index (χ2n) is 8.08. The molecule has 0 radical (unpaired) electrons. The zero-order valence-electron chi connectivity index (χ0n) is 16.0. The van der Waals surface area contributed by atoms with E-state index in [4.69, 9.17) is 23.7 Å². The van der Waals surface area contributed by atoms with Gasteiger partial charge in [0.25, 0.3) is 5.91 Å². The smallest absolute Gasteiger partial charge is 0.303 e. The second-order valence-corrected chi connectivity index (χ2v) is 8.08. The molecule has 1 amide bonds. The molecule has 1 aromatic rings. The summed E-state index contributed by atoms with van der Waals surface area (Å²) in [6.45, 7) is 4.57. The number of amides is 1. The maximum absolute atomic E-state index is 12.8. The lowest BCUT2D eigenvalue weighted by molar-refractivity contribution is -0.183. The fraction of sp³-hybridized carbons (Fsp3) is 0.579. The molecule has 0 bridgehead atoms. The Hall–Kier alpha value is -2.56. The number of aliphatic hydroxyl groups excluding tert-OH is 1. The Labute approximate surface area is 165 Å². The van der Waals surface area contributed by atoms with Gasteiger partial charge in [0.05, 0.1) is 11.6 Å². The first-order chi connectivity index (χ1) is 13.7. The Kier molecular flexibility index (Phi) is 3.80. The third-order valence-electron chi connectivity index (χ3n) is 5.79. The van der Waals surface area contributed by atoms with E-state index in [9.17, 15) is 19.8 Å². The van der Waals surface area contributed by atoms with Crippen LogP contribution in [0.3, 0.4) is 0 Å². The summed E-state index contributed by atoms with van der Waals surface area (Å²) in [4.78, 5) is 24.5. The first kappa shape index (κ1) is 18.5. The fourth-order valence-corrected chi connectivity index (χ4v) is 4.81. The van der Waals surface area contributed by atoms with Crippen molar-refractivity contribution in [2.75, 3.05) is 6.79 Å². The first-order valence-electron chi connectivity index (χ1n) is 9.35. The van der Waals surface area contributed by atoms with Gasteiger partial charge in [-0.05, 0) is 25.5 Å². The summed E-state index contributed by atoms with van der Waals surface area (Å²) < 4.78 is 27.9. The number of phenolic OH excluding ortho intramolecular Hbond substituents is 1. The van der Waals surface area contributed by atoms with Gasteiger partial charge in [-0.15, -0.1) is 0 Å². The molecule has 1 aromatic carbocycles. The standard InChI is InChI=1S/C19H21NO9/c1-6(21)27-16-12(22)9-7-4-8-14(26-5-25-8)13(23)10(7)18(24)20-11(9)15-17(16)29-19(2,3)28-15/h4,9,11-12,15-17,22-23H,5H2,1-3H3,(H,20,24)/t9-,11+,12-,15-,16-,17-/m0/s1. The summed E-state index contributed by atoms with van der Waals surface area (Å²) in [6.07, 6.45) is -3.68. The predicted molar refractivity (Wildman–Crippen MR) is 93.6 cm³/mol. The lowest BCUT2D eigenvalue weighted by Crippen LogP contribution is -2.66. The molecule has 5 rings (SSSR count). The number of hydrogen-bond donors (Lipinski definition) is 3. The number of benzene rings is 1. The van der Waals surface area contributed by atoms with Crippen LogP contribution in [0.25, 0.3) is 0 Å². The number of hydrogen-bond acceptors (Lipinski definition) is 9. The van der Waals surface area contributed by atoms with E-state index in [2.05, 4.69) is 5.32 Å². The largest absolute Gasteiger partial charge is 0.504 e. The summed E-state index contributed by atoms with van der Waals surface area (Å²) in [5.41, 5.74) is 0.365. The summed E-state index contributed by atoms with van der Waals surface area (Å²) >= 11 is 0. The molecule has 0 aromatic heterocycles. The number of aliphatic hydroxyl groups is 1. The molecule has 2 fully saturated rings. The minimum atomic E-state index is -1.22. The zero-order chi connectivity index (χ0) is 20.7. The van der Waals surface area contributed by atoms with Crippen molar-refractivity contribution in [2.24, 2.45) is 0 Å². The highest BCUT2D eigenvalue weighted by atomic mass is 16.8. The molecule has 1 aliphatic carbocycles. The van der Waals surface area contributed by atoms with Crippen LogP contribution in [0.2, 0.25) is 0 Å². The third kappa shape index (κ3) is 2.59. The number of ether oxygens (including phenoxy) is 5. The van der Waals surface area contributed by atoms with Gasteiger partial charge in [-0.3, -0.25) is 9.59 Å². The van der Waals surface area contributed by atoms with Crippen molar-refractivity contribution in [1.29, 1.82) is 0 Å². The van der Waals surface area contributed by atoms with Crippen molar-refractivity contribution in [3.63, 3.8) is 0 Å². The van der Waals surface area contributed by atoms with Gasteiger partial charge in [-0.25, -0.2) is 0 Å². The number of fused-ring (bicyclic) bond motifs is 6. The molecule has 156 valence electrons. The number of rotatable bonds is 1. The Bertz CT molecular complexity index is 913. The molecular weight excluding hydrogens is 386 g/mol. The average Bonchev–Trinajstić information content (AvgIpc) is 3.21. The van der Waals surface area contributed by atoms with Crippen LogP contribution in [0.4, 0.5) is 0 Å². The molecule has 6 atom stereocenters. The monoisotopic (exact) mass is 407 g/mol. The number of esters is 1. The van der Waals surface area contributed by atoms with Gasteiger partial charge in [-0.1, -0.05) is 0 Å². The Morgan fingerprint density at radius 1 is 1.28 bits per heavy atom. The number of aromatic hydroxyl groups is 1. The molecule has 29 heavy (non-hydrogen) atoms. The van der Waals surface area contributed by atoms with Crippen LogP contribution in [0.5, 0.6) is 17.2 Å².